The van der Waals surface area contributed by atoms with Crippen molar-refractivity contribution in [3.8, 4) is 0 Å². The van der Waals surface area contributed by atoms with Crippen molar-refractivity contribution < 1.29 is 0 Å². The van der Waals surface area contributed by atoms with E-state index in [-0.39, 0.29) is 0 Å². The van der Waals surface area contributed by atoms with Crippen molar-refractivity contribution in [2.45, 2.75) is 38.3 Å². The highest BCUT2D eigenvalue weighted by Crippen LogP contribution is 2.41. The molecule has 1 aliphatic carbocycles. The molecular weight excluding hydrogens is 304 g/mol. The molecule has 5 heteroatoms. The topological polar surface area (TPSA) is 33.1 Å². The minimum absolute atomic E-state index is 0.608. The van der Waals surface area contributed by atoms with E-state index in [1.165, 1.54) is 23.0 Å². The zero-order valence-corrected chi connectivity index (χ0v) is 13.9. The molecule has 0 amide bonds. The van der Waals surface area contributed by atoms with Gasteiger partial charge in [-0.3, -0.25) is 4.68 Å². The molecule has 0 radical (unpaired) electrons. The lowest BCUT2D eigenvalue weighted by Gasteiger charge is -2.22. The lowest BCUT2D eigenvalue weighted by Crippen LogP contribution is -2.29. The smallest absolute Gasteiger partial charge is 0.0635 e. The Morgan fingerprint density at radius 3 is 2.79 bits per heavy atom. The van der Waals surface area contributed by atoms with Gasteiger partial charge in [0.1, 0.15) is 0 Å². The van der Waals surface area contributed by atoms with E-state index in [1.54, 1.807) is 0 Å². The van der Waals surface area contributed by atoms with E-state index >= 15 is 0 Å². The van der Waals surface area contributed by atoms with Gasteiger partial charge in [0.2, 0.25) is 0 Å². The molecule has 1 aliphatic rings. The highest BCUT2D eigenvalue weighted by atomic mass is 79.9. The number of nitrogens with one attached hydrogen (secondary N) is 1. The zero-order chi connectivity index (χ0) is 14.0. The molecule has 0 aliphatic heterocycles. The van der Waals surface area contributed by atoms with Gasteiger partial charge in [-0.2, -0.15) is 5.10 Å². The number of rotatable bonds is 5. The van der Waals surface area contributed by atoms with E-state index in [0.29, 0.717) is 17.9 Å². The van der Waals surface area contributed by atoms with E-state index in [2.05, 4.69) is 64.0 Å². The highest BCUT2D eigenvalue weighted by molar-refractivity contribution is 9.10. The second-order valence-corrected chi connectivity index (χ2v) is 6.70. The molecule has 0 aromatic carbocycles. The first-order chi connectivity index (χ1) is 9.04. The summed E-state index contributed by atoms with van der Waals surface area (Å²) in [5, 5.41) is 7.98. The fourth-order valence-electron chi connectivity index (χ4n) is 3.17. The summed E-state index contributed by atoms with van der Waals surface area (Å²) < 4.78 is 3.35. The van der Waals surface area contributed by atoms with Crippen LogP contribution in [0.15, 0.2) is 10.7 Å². The summed E-state index contributed by atoms with van der Waals surface area (Å²) in [4.78, 5) is 2.20. The predicted octanol–water partition coefficient (Wildman–Crippen LogP) is 2.31. The van der Waals surface area contributed by atoms with Crippen molar-refractivity contribution >= 4 is 15.9 Å². The number of hydrogen-bond donors (Lipinski definition) is 1. The SMILES string of the molecule is CNC1CCC(c2c(Br)cnn2CCN(C)C)C1C. The van der Waals surface area contributed by atoms with Crippen molar-refractivity contribution in [1.29, 1.82) is 0 Å². The van der Waals surface area contributed by atoms with Gasteiger partial charge < -0.3 is 10.2 Å². The van der Waals surface area contributed by atoms with Crippen LogP contribution in [0.3, 0.4) is 0 Å². The minimum atomic E-state index is 0.608. The Labute approximate surface area is 124 Å². The molecule has 4 nitrogen and oxygen atoms in total. The molecule has 1 N–H and O–H groups in total. The van der Waals surface area contributed by atoms with Crippen LogP contribution in [-0.2, 0) is 6.54 Å². The third kappa shape index (κ3) is 3.20. The van der Waals surface area contributed by atoms with Gasteiger partial charge in [-0.15, -0.1) is 0 Å². The fourth-order valence-corrected chi connectivity index (χ4v) is 3.76. The summed E-state index contributed by atoms with van der Waals surface area (Å²) in [7, 11) is 6.28. The van der Waals surface area contributed by atoms with Gasteiger partial charge in [0.05, 0.1) is 22.9 Å². The molecule has 0 spiro atoms. The molecule has 1 fully saturated rings. The zero-order valence-electron chi connectivity index (χ0n) is 12.4. The monoisotopic (exact) mass is 328 g/mol. The molecule has 1 aromatic rings. The van der Waals surface area contributed by atoms with Crippen molar-refractivity contribution in [2.75, 3.05) is 27.7 Å². The van der Waals surface area contributed by atoms with E-state index in [1.807, 2.05) is 6.20 Å². The molecule has 0 saturated heterocycles. The van der Waals surface area contributed by atoms with Crippen LogP contribution in [-0.4, -0.2) is 48.4 Å². The summed E-state index contributed by atoms with van der Waals surface area (Å²) in [5.74, 6) is 1.27. The fraction of sp³-hybridized carbons (Fsp3) is 0.786. The first-order valence-electron chi connectivity index (χ1n) is 7.07. The normalized spacial score (nSPS) is 27.4. The average Bonchev–Trinajstić information content (AvgIpc) is 2.90. The first-order valence-corrected chi connectivity index (χ1v) is 7.87. The number of likely N-dealkylation sites (N-methyl/N-ethyl adjacent to an activating group) is 1. The Balaban J connectivity index is 2.17. The van der Waals surface area contributed by atoms with Crippen LogP contribution < -0.4 is 5.32 Å². The molecule has 19 heavy (non-hydrogen) atoms. The largest absolute Gasteiger partial charge is 0.317 e. The Morgan fingerprint density at radius 1 is 1.47 bits per heavy atom. The van der Waals surface area contributed by atoms with E-state index in [0.717, 1.165) is 13.1 Å². The molecular formula is C14H25BrN4. The standard InChI is InChI=1S/C14H25BrN4/c1-10-11(5-6-13(10)16-2)14-12(15)9-17-19(14)8-7-18(3)4/h9-11,13,16H,5-8H2,1-4H3. The third-order valence-corrected chi connectivity index (χ3v) is 4.98. The van der Waals surface area contributed by atoms with Crippen molar-refractivity contribution in [3.63, 3.8) is 0 Å². The first kappa shape index (κ1) is 15.0. The van der Waals surface area contributed by atoms with Gasteiger partial charge in [-0.1, -0.05) is 6.92 Å². The molecule has 108 valence electrons. The number of aromatic nitrogens is 2. The number of hydrogen-bond acceptors (Lipinski definition) is 3. The van der Waals surface area contributed by atoms with Gasteiger partial charge in [0, 0.05) is 18.5 Å². The summed E-state index contributed by atoms with van der Waals surface area (Å²) in [6.07, 6.45) is 4.46. The van der Waals surface area contributed by atoms with Crippen LogP contribution in [0.4, 0.5) is 0 Å². The molecule has 2 rings (SSSR count). The Bertz CT molecular complexity index is 416. The van der Waals surface area contributed by atoms with Crippen molar-refractivity contribution in [1.82, 2.24) is 20.0 Å². The van der Waals surface area contributed by atoms with E-state index in [4.69, 9.17) is 0 Å². The van der Waals surface area contributed by atoms with Crippen LogP contribution >= 0.6 is 15.9 Å². The van der Waals surface area contributed by atoms with E-state index < -0.39 is 0 Å². The maximum Gasteiger partial charge on any atom is 0.0635 e. The molecule has 1 aromatic heterocycles. The quantitative estimate of drug-likeness (QED) is 0.900. The molecule has 1 saturated carbocycles. The second kappa shape index (κ2) is 6.37. The predicted molar refractivity (Wildman–Crippen MR) is 82.5 cm³/mol. The van der Waals surface area contributed by atoms with Crippen LogP contribution in [0.5, 0.6) is 0 Å². The molecule has 3 unspecified atom stereocenters. The summed E-state index contributed by atoms with van der Waals surface area (Å²) in [6, 6.07) is 0.633. The summed E-state index contributed by atoms with van der Waals surface area (Å²) in [5.41, 5.74) is 1.38. The number of halogens is 1. The maximum atomic E-state index is 4.54. The summed E-state index contributed by atoms with van der Waals surface area (Å²) >= 11 is 3.69. The number of nitrogens with zero attached hydrogens (tertiary/aromatic N) is 3. The average molecular weight is 329 g/mol. The molecule has 1 heterocycles. The second-order valence-electron chi connectivity index (χ2n) is 5.84. The Morgan fingerprint density at radius 2 is 2.21 bits per heavy atom. The van der Waals surface area contributed by atoms with Crippen molar-refractivity contribution in [3.05, 3.63) is 16.4 Å². The van der Waals surface area contributed by atoms with Gasteiger partial charge in [0.25, 0.3) is 0 Å². The van der Waals surface area contributed by atoms with Crippen LogP contribution in [0.25, 0.3) is 0 Å². The van der Waals surface area contributed by atoms with Gasteiger partial charge >= 0.3 is 0 Å². The summed E-state index contributed by atoms with van der Waals surface area (Å²) in [6.45, 7) is 4.34. The maximum absolute atomic E-state index is 4.54. The molecule has 0 bridgehead atoms. The minimum Gasteiger partial charge on any atom is -0.317 e. The van der Waals surface area contributed by atoms with Crippen LogP contribution in [0.1, 0.15) is 31.4 Å². The lowest BCUT2D eigenvalue weighted by atomic mass is 9.92. The van der Waals surface area contributed by atoms with E-state index in [9.17, 15) is 0 Å². The van der Waals surface area contributed by atoms with Crippen LogP contribution in [0, 0.1) is 5.92 Å². The van der Waals surface area contributed by atoms with Gasteiger partial charge in [-0.25, -0.2) is 0 Å². The highest BCUT2D eigenvalue weighted by Gasteiger charge is 2.35. The van der Waals surface area contributed by atoms with Gasteiger partial charge in [0.15, 0.2) is 0 Å². The lowest BCUT2D eigenvalue weighted by molar-refractivity contribution is 0.357. The van der Waals surface area contributed by atoms with Crippen molar-refractivity contribution in [2.24, 2.45) is 5.92 Å². The van der Waals surface area contributed by atoms with Gasteiger partial charge in [-0.05, 0) is 55.8 Å². The Kier molecular flexibility index (Phi) is 5.03. The van der Waals surface area contributed by atoms with Crippen LogP contribution in [0.2, 0.25) is 0 Å². The molecule has 3 atom stereocenters. The Hall–Kier alpha value is -0.390. The third-order valence-electron chi connectivity index (χ3n) is 4.37.